The van der Waals surface area contributed by atoms with Gasteiger partial charge in [-0.3, -0.25) is 4.79 Å². The van der Waals surface area contributed by atoms with E-state index < -0.39 is 0 Å². The maximum absolute atomic E-state index is 13.2. The number of rotatable bonds is 8. The van der Waals surface area contributed by atoms with E-state index in [9.17, 15) is 4.79 Å². The van der Waals surface area contributed by atoms with Crippen LogP contribution in [0.5, 0.6) is 0 Å². The van der Waals surface area contributed by atoms with Crippen LogP contribution in [-0.2, 0) is 19.5 Å². The standard InChI is InChI=1S/C24H27N5OS/c1-17-18(2)31-22(26-17)12-13-25-15-20-23(27-21-11-7-8-14-29(20)21)24(30)28(3)16-19-9-5-4-6-10-19/h4-11,14,25H,12-13,15-16H2,1-3H3. The molecule has 3 heterocycles. The van der Waals surface area contributed by atoms with Crippen molar-refractivity contribution in [1.29, 1.82) is 0 Å². The van der Waals surface area contributed by atoms with E-state index in [1.54, 1.807) is 16.2 Å². The van der Waals surface area contributed by atoms with Crippen LogP contribution in [-0.4, -0.2) is 38.8 Å². The second kappa shape index (κ2) is 9.41. The van der Waals surface area contributed by atoms with E-state index in [-0.39, 0.29) is 5.91 Å². The summed E-state index contributed by atoms with van der Waals surface area (Å²) < 4.78 is 1.99. The number of carbonyl (C=O) groups excluding carboxylic acids is 1. The number of nitrogens with one attached hydrogen (secondary N) is 1. The maximum atomic E-state index is 13.2. The molecule has 0 aliphatic rings. The highest BCUT2D eigenvalue weighted by molar-refractivity contribution is 7.11. The minimum Gasteiger partial charge on any atom is -0.336 e. The number of pyridine rings is 1. The summed E-state index contributed by atoms with van der Waals surface area (Å²) in [6, 6.07) is 15.8. The van der Waals surface area contributed by atoms with Crippen LogP contribution in [0.25, 0.3) is 5.65 Å². The number of aryl methyl sites for hydroxylation is 2. The molecule has 6 nitrogen and oxygen atoms in total. The lowest BCUT2D eigenvalue weighted by Crippen LogP contribution is -2.28. The Labute approximate surface area is 186 Å². The third-order valence-corrected chi connectivity index (χ3v) is 6.45. The quantitative estimate of drug-likeness (QED) is 0.427. The summed E-state index contributed by atoms with van der Waals surface area (Å²) in [6.45, 7) is 6.05. The number of hydrogen-bond acceptors (Lipinski definition) is 5. The number of benzene rings is 1. The molecule has 0 aliphatic heterocycles. The predicted molar refractivity (Wildman–Crippen MR) is 124 cm³/mol. The largest absolute Gasteiger partial charge is 0.336 e. The fourth-order valence-corrected chi connectivity index (χ4v) is 4.48. The van der Waals surface area contributed by atoms with Gasteiger partial charge >= 0.3 is 0 Å². The monoisotopic (exact) mass is 433 g/mol. The first-order valence-corrected chi connectivity index (χ1v) is 11.2. The van der Waals surface area contributed by atoms with Gasteiger partial charge in [0.1, 0.15) is 5.65 Å². The number of fused-ring (bicyclic) bond motifs is 1. The minimum atomic E-state index is -0.0736. The molecule has 0 saturated carbocycles. The number of thiazole rings is 1. The van der Waals surface area contributed by atoms with Crippen molar-refractivity contribution >= 4 is 22.9 Å². The van der Waals surface area contributed by atoms with Crippen LogP contribution in [0.3, 0.4) is 0 Å². The first kappa shape index (κ1) is 21.2. The maximum Gasteiger partial charge on any atom is 0.274 e. The van der Waals surface area contributed by atoms with Crippen LogP contribution in [0.15, 0.2) is 54.7 Å². The van der Waals surface area contributed by atoms with Gasteiger partial charge < -0.3 is 14.6 Å². The van der Waals surface area contributed by atoms with Crippen LogP contribution < -0.4 is 5.32 Å². The zero-order valence-corrected chi connectivity index (χ0v) is 18.9. The van der Waals surface area contributed by atoms with Crippen molar-refractivity contribution in [3.05, 3.63) is 87.3 Å². The Hall–Kier alpha value is -3.03. The molecular formula is C24H27N5OS. The molecule has 0 atom stereocenters. The van der Waals surface area contributed by atoms with Gasteiger partial charge in [-0.05, 0) is 31.5 Å². The minimum absolute atomic E-state index is 0.0736. The summed E-state index contributed by atoms with van der Waals surface area (Å²) in [5.74, 6) is -0.0736. The van der Waals surface area contributed by atoms with Crippen molar-refractivity contribution in [2.45, 2.75) is 33.4 Å². The third kappa shape index (κ3) is 4.84. The van der Waals surface area contributed by atoms with Gasteiger partial charge in [-0.1, -0.05) is 36.4 Å². The zero-order chi connectivity index (χ0) is 21.8. The van der Waals surface area contributed by atoms with Crippen molar-refractivity contribution in [3.8, 4) is 0 Å². The van der Waals surface area contributed by atoms with E-state index in [2.05, 4.69) is 22.2 Å². The first-order valence-electron chi connectivity index (χ1n) is 10.4. The van der Waals surface area contributed by atoms with Gasteiger partial charge in [-0.2, -0.15) is 0 Å². The lowest BCUT2D eigenvalue weighted by molar-refractivity contribution is 0.0778. The van der Waals surface area contributed by atoms with Gasteiger partial charge in [0.15, 0.2) is 5.69 Å². The Bertz CT molecular complexity index is 1160. The van der Waals surface area contributed by atoms with Gasteiger partial charge in [0.2, 0.25) is 0 Å². The summed E-state index contributed by atoms with van der Waals surface area (Å²) in [7, 11) is 1.82. The summed E-state index contributed by atoms with van der Waals surface area (Å²) in [5.41, 5.74) is 4.36. The van der Waals surface area contributed by atoms with E-state index in [0.717, 1.165) is 40.6 Å². The molecule has 0 fully saturated rings. The lowest BCUT2D eigenvalue weighted by atomic mass is 10.2. The normalized spacial score (nSPS) is 11.2. The van der Waals surface area contributed by atoms with Gasteiger partial charge in [0.25, 0.3) is 5.91 Å². The Morgan fingerprint density at radius 1 is 1.10 bits per heavy atom. The first-order chi connectivity index (χ1) is 15.0. The molecule has 0 saturated heterocycles. The Morgan fingerprint density at radius 2 is 1.87 bits per heavy atom. The van der Waals surface area contributed by atoms with Gasteiger partial charge in [0, 0.05) is 44.2 Å². The van der Waals surface area contributed by atoms with Crippen molar-refractivity contribution in [1.82, 2.24) is 24.6 Å². The second-order valence-corrected chi connectivity index (χ2v) is 8.95. The Morgan fingerprint density at radius 3 is 2.61 bits per heavy atom. The van der Waals surface area contributed by atoms with Crippen molar-refractivity contribution in [3.63, 3.8) is 0 Å². The highest BCUT2D eigenvalue weighted by atomic mass is 32.1. The fourth-order valence-electron chi connectivity index (χ4n) is 3.54. The van der Waals surface area contributed by atoms with Gasteiger partial charge in [0.05, 0.1) is 16.4 Å². The molecule has 3 aromatic heterocycles. The van der Waals surface area contributed by atoms with E-state index in [1.807, 2.05) is 73.1 Å². The smallest absolute Gasteiger partial charge is 0.274 e. The summed E-state index contributed by atoms with van der Waals surface area (Å²) in [6.07, 6.45) is 2.83. The molecule has 0 aliphatic carbocycles. The highest BCUT2D eigenvalue weighted by Gasteiger charge is 2.22. The summed E-state index contributed by atoms with van der Waals surface area (Å²) in [5, 5.41) is 4.61. The van der Waals surface area contributed by atoms with Crippen LogP contribution >= 0.6 is 11.3 Å². The summed E-state index contributed by atoms with van der Waals surface area (Å²) >= 11 is 1.75. The molecule has 7 heteroatoms. The van der Waals surface area contributed by atoms with E-state index in [0.29, 0.717) is 18.8 Å². The third-order valence-electron chi connectivity index (χ3n) is 5.32. The lowest BCUT2D eigenvalue weighted by Gasteiger charge is -2.17. The Kier molecular flexibility index (Phi) is 6.44. The predicted octanol–water partition coefficient (Wildman–Crippen LogP) is 4.01. The van der Waals surface area contributed by atoms with Crippen LogP contribution in [0.2, 0.25) is 0 Å². The molecule has 4 aromatic rings. The van der Waals surface area contributed by atoms with Gasteiger partial charge in [-0.25, -0.2) is 9.97 Å². The number of hydrogen-bond donors (Lipinski definition) is 1. The molecule has 160 valence electrons. The van der Waals surface area contributed by atoms with E-state index in [1.165, 1.54) is 4.88 Å². The molecule has 0 unspecified atom stereocenters. The molecule has 1 aromatic carbocycles. The van der Waals surface area contributed by atoms with E-state index >= 15 is 0 Å². The number of amides is 1. The topological polar surface area (TPSA) is 62.5 Å². The zero-order valence-electron chi connectivity index (χ0n) is 18.1. The fraction of sp³-hybridized carbons (Fsp3) is 0.292. The second-order valence-electron chi connectivity index (χ2n) is 7.66. The van der Waals surface area contributed by atoms with Gasteiger partial charge in [-0.15, -0.1) is 11.3 Å². The molecule has 31 heavy (non-hydrogen) atoms. The van der Waals surface area contributed by atoms with Crippen LogP contribution in [0.4, 0.5) is 0 Å². The molecular weight excluding hydrogens is 406 g/mol. The summed E-state index contributed by atoms with van der Waals surface area (Å²) in [4.78, 5) is 25.5. The number of imidazole rings is 1. The Balaban J connectivity index is 1.49. The molecule has 4 rings (SSSR count). The average molecular weight is 434 g/mol. The van der Waals surface area contributed by atoms with Crippen molar-refractivity contribution in [2.24, 2.45) is 0 Å². The van der Waals surface area contributed by atoms with E-state index in [4.69, 9.17) is 0 Å². The SMILES string of the molecule is Cc1nc(CCNCc2c(C(=O)N(C)Cc3ccccc3)nc3ccccn23)sc1C. The number of nitrogens with zero attached hydrogens (tertiary/aromatic N) is 4. The number of aromatic nitrogens is 3. The van der Waals surface area contributed by atoms with Crippen LogP contribution in [0, 0.1) is 13.8 Å². The molecule has 0 spiro atoms. The average Bonchev–Trinajstić information content (AvgIpc) is 3.30. The van der Waals surface area contributed by atoms with Crippen molar-refractivity contribution < 1.29 is 4.79 Å². The highest BCUT2D eigenvalue weighted by Crippen LogP contribution is 2.18. The van der Waals surface area contributed by atoms with Crippen LogP contribution in [0.1, 0.15) is 37.3 Å². The molecule has 1 amide bonds. The molecule has 0 bridgehead atoms. The molecule has 0 radical (unpaired) electrons. The number of carbonyl (C=O) groups is 1. The van der Waals surface area contributed by atoms with Crippen molar-refractivity contribution in [2.75, 3.05) is 13.6 Å². The molecule has 1 N–H and O–H groups in total.